The van der Waals surface area contributed by atoms with Gasteiger partial charge in [-0.05, 0) is 25.5 Å². The molecule has 1 aromatic heterocycles. The van der Waals surface area contributed by atoms with E-state index in [0.717, 1.165) is 24.5 Å². The molecule has 1 saturated heterocycles. The van der Waals surface area contributed by atoms with Crippen LogP contribution in [-0.2, 0) is 11.3 Å². The molecule has 2 heterocycles. The van der Waals surface area contributed by atoms with Crippen LogP contribution in [0.5, 0.6) is 0 Å². The molecule has 94 valence electrons. The van der Waals surface area contributed by atoms with E-state index in [1.165, 1.54) is 0 Å². The Kier molecular flexibility index (Phi) is 3.56. The molecule has 0 aliphatic carbocycles. The zero-order valence-electron chi connectivity index (χ0n) is 10.2. The Hall–Kier alpha value is -0.840. The van der Waals surface area contributed by atoms with Crippen molar-refractivity contribution in [1.82, 2.24) is 4.98 Å². The molecule has 1 fully saturated rings. The molecular formula is C12H18ClN3O. The number of aromatic nitrogens is 1. The summed E-state index contributed by atoms with van der Waals surface area (Å²) in [5.74, 6) is 0.920. The summed E-state index contributed by atoms with van der Waals surface area (Å²) in [4.78, 5) is 6.63. The molecule has 1 aliphatic heterocycles. The summed E-state index contributed by atoms with van der Waals surface area (Å²) in [6.07, 6.45) is 1.67. The second-order valence-corrected chi connectivity index (χ2v) is 5.26. The van der Waals surface area contributed by atoms with Crippen LogP contribution in [0, 0.1) is 0 Å². The summed E-state index contributed by atoms with van der Waals surface area (Å²) in [5, 5.41) is 0.627. The molecule has 0 atom stereocenters. The normalized spacial score (nSPS) is 19.4. The van der Waals surface area contributed by atoms with E-state index in [-0.39, 0.29) is 5.54 Å². The van der Waals surface area contributed by atoms with Gasteiger partial charge in [-0.1, -0.05) is 11.6 Å². The first-order valence-corrected chi connectivity index (χ1v) is 6.12. The summed E-state index contributed by atoms with van der Waals surface area (Å²) in [7, 11) is 0. The fourth-order valence-electron chi connectivity index (χ4n) is 2.05. The smallest absolute Gasteiger partial charge is 0.129 e. The van der Waals surface area contributed by atoms with Gasteiger partial charge in [0.05, 0.1) is 23.8 Å². The van der Waals surface area contributed by atoms with Crippen LogP contribution >= 0.6 is 11.6 Å². The molecule has 0 spiro atoms. The van der Waals surface area contributed by atoms with Crippen LogP contribution in [0.3, 0.4) is 0 Å². The van der Waals surface area contributed by atoms with Crippen molar-refractivity contribution in [2.24, 2.45) is 5.73 Å². The van der Waals surface area contributed by atoms with E-state index < -0.39 is 0 Å². The summed E-state index contributed by atoms with van der Waals surface area (Å²) in [6.45, 7) is 6.99. The summed E-state index contributed by atoms with van der Waals surface area (Å²) >= 11 is 6.02. The first kappa shape index (κ1) is 12.6. The molecule has 0 saturated carbocycles. The number of ether oxygens (including phenoxy) is 1. The van der Waals surface area contributed by atoms with E-state index in [9.17, 15) is 0 Å². The van der Waals surface area contributed by atoms with E-state index in [1.807, 2.05) is 6.07 Å². The van der Waals surface area contributed by atoms with Crippen LogP contribution in [0.1, 0.15) is 19.4 Å². The molecule has 2 rings (SSSR count). The maximum atomic E-state index is 6.02. The third-order valence-electron chi connectivity index (χ3n) is 3.06. The van der Waals surface area contributed by atoms with E-state index in [4.69, 9.17) is 22.1 Å². The topological polar surface area (TPSA) is 51.4 Å². The lowest BCUT2D eigenvalue weighted by Crippen LogP contribution is -2.53. The van der Waals surface area contributed by atoms with Gasteiger partial charge in [0.1, 0.15) is 5.82 Å². The quantitative estimate of drug-likeness (QED) is 0.876. The highest BCUT2D eigenvalue weighted by Crippen LogP contribution is 2.27. The predicted molar refractivity (Wildman–Crippen MR) is 69.4 cm³/mol. The van der Waals surface area contributed by atoms with Crippen molar-refractivity contribution in [1.29, 1.82) is 0 Å². The first-order valence-electron chi connectivity index (χ1n) is 5.74. The summed E-state index contributed by atoms with van der Waals surface area (Å²) in [6, 6.07) is 1.97. The highest BCUT2D eigenvalue weighted by Gasteiger charge is 2.31. The summed E-state index contributed by atoms with van der Waals surface area (Å²) in [5.41, 5.74) is 6.54. The Balaban J connectivity index is 2.32. The second kappa shape index (κ2) is 4.80. The number of rotatable bonds is 2. The SMILES string of the molecule is CC1(C)COCCN1c1cc(CN)c(Cl)cn1. The van der Waals surface area contributed by atoms with Crippen molar-refractivity contribution in [2.75, 3.05) is 24.7 Å². The van der Waals surface area contributed by atoms with Crippen LogP contribution in [0.4, 0.5) is 5.82 Å². The Bertz CT molecular complexity index is 409. The largest absolute Gasteiger partial charge is 0.377 e. The monoisotopic (exact) mass is 255 g/mol. The molecule has 17 heavy (non-hydrogen) atoms. The molecule has 0 amide bonds. The number of nitrogens with zero attached hydrogens (tertiary/aromatic N) is 2. The maximum Gasteiger partial charge on any atom is 0.129 e. The standard InChI is InChI=1S/C12H18ClN3O/c1-12(2)8-17-4-3-16(12)11-5-9(6-14)10(13)7-15-11/h5,7H,3-4,6,8,14H2,1-2H3. The number of nitrogens with two attached hydrogens (primary N) is 1. The number of anilines is 1. The molecule has 1 aliphatic rings. The Labute approximate surface area is 107 Å². The van der Waals surface area contributed by atoms with Crippen LogP contribution < -0.4 is 10.6 Å². The van der Waals surface area contributed by atoms with E-state index in [0.29, 0.717) is 18.2 Å². The number of halogens is 1. The zero-order chi connectivity index (χ0) is 12.5. The van der Waals surface area contributed by atoms with Gasteiger partial charge in [0.2, 0.25) is 0 Å². The number of hydrogen-bond acceptors (Lipinski definition) is 4. The first-order chi connectivity index (χ1) is 8.04. The van der Waals surface area contributed by atoms with Crippen molar-refractivity contribution >= 4 is 17.4 Å². The van der Waals surface area contributed by atoms with E-state index in [2.05, 4.69) is 23.7 Å². The molecular weight excluding hydrogens is 238 g/mol. The van der Waals surface area contributed by atoms with Gasteiger partial charge >= 0.3 is 0 Å². The minimum Gasteiger partial charge on any atom is -0.377 e. The average Bonchev–Trinajstić information content (AvgIpc) is 2.30. The highest BCUT2D eigenvalue weighted by atomic mass is 35.5. The van der Waals surface area contributed by atoms with Crippen molar-refractivity contribution in [3.63, 3.8) is 0 Å². The van der Waals surface area contributed by atoms with Crippen LogP contribution in [-0.4, -0.2) is 30.3 Å². The van der Waals surface area contributed by atoms with Crippen molar-refractivity contribution in [2.45, 2.75) is 25.9 Å². The minimum atomic E-state index is -0.0506. The van der Waals surface area contributed by atoms with Gasteiger partial charge in [-0.3, -0.25) is 0 Å². The lowest BCUT2D eigenvalue weighted by Gasteiger charge is -2.43. The van der Waals surface area contributed by atoms with Crippen LogP contribution in [0.25, 0.3) is 0 Å². The lowest BCUT2D eigenvalue weighted by atomic mass is 10.0. The maximum absolute atomic E-state index is 6.02. The second-order valence-electron chi connectivity index (χ2n) is 4.85. The zero-order valence-corrected chi connectivity index (χ0v) is 11.0. The molecule has 0 bridgehead atoms. The van der Waals surface area contributed by atoms with E-state index in [1.54, 1.807) is 6.20 Å². The molecule has 2 N–H and O–H groups in total. The van der Waals surface area contributed by atoms with Crippen LogP contribution in [0.15, 0.2) is 12.3 Å². The summed E-state index contributed by atoms with van der Waals surface area (Å²) < 4.78 is 5.50. The molecule has 0 radical (unpaired) electrons. The number of pyridine rings is 1. The Morgan fingerprint density at radius 2 is 2.35 bits per heavy atom. The third-order valence-corrected chi connectivity index (χ3v) is 3.40. The molecule has 0 unspecified atom stereocenters. The number of hydrogen-bond donors (Lipinski definition) is 1. The van der Waals surface area contributed by atoms with Gasteiger partial charge in [0, 0.05) is 19.3 Å². The van der Waals surface area contributed by atoms with Gasteiger partial charge < -0.3 is 15.4 Å². The van der Waals surface area contributed by atoms with Crippen LogP contribution in [0.2, 0.25) is 5.02 Å². The molecule has 5 heteroatoms. The van der Waals surface area contributed by atoms with Gasteiger partial charge in [-0.25, -0.2) is 4.98 Å². The van der Waals surface area contributed by atoms with Crippen molar-refractivity contribution in [3.8, 4) is 0 Å². The molecule has 0 aromatic carbocycles. The van der Waals surface area contributed by atoms with E-state index >= 15 is 0 Å². The van der Waals surface area contributed by atoms with Gasteiger partial charge in [-0.15, -0.1) is 0 Å². The van der Waals surface area contributed by atoms with Gasteiger partial charge in [-0.2, -0.15) is 0 Å². The average molecular weight is 256 g/mol. The Morgan fingerprint density at radius 3 is 3.00 bits per heavy atom. The molecule has 1 aromatic rings. The Morgan fingerprint density at radius 1 is 1.59 bits per heavy atom. The molecule has 4 nitrogen and oxygen atoms in total. The highest BCUT2D eigenvalue weighted by molar-refractivity contribution is 6.31. The fraction of sp³-hybridized carbons (Fsp3) is 0.583. The van der Waals surface area contributed by atoms with Crippen molar-refractivity contribution in [3.05, 3.63) is 22.8 Å². The lowest BCUT2D eigenvalue weighted by molar-refractivity contribution is 0.0639. The van der Waals surface area contributed by atoms with Gasteiger partial charge in [0.15, 0.2) is 0 Å². The minimum absolute atomic E-state index is 0.0506. The number of morpholine rings is 1. The third kappa shape index (κ3) is 2.54. The van der Waals surface area contributed by atoms with Crippen molar-refractivity contribution < 1.29 is 4.74 Å². The van der Waals surface area contributed by atoms with Gasteiger partial charge in [0.25, 0.3) is 0 Å². The fourth-order valence-corrected chi connectivity index (χ4v) is 2.24. The predicted octanol–water partition coefficient (Wildman–Crippen LogP) is 1.81.